The van der Waals surface area contributed by atoms with Gasteiger partial charge in [-0.2, -0.15) is 5.26 Å². The average molecular weight is 230 g/mol. The first kappa shape index (κ1) is 13.2. The molecule has 0 aromatic heterocycles. The number of nitriles is 1. The number of rotatable bonds is 5. The molecule has 3 nitrogen and oxygen atoms in total. The molecule has 0 heterocycles. The molecule has 1 aromatic carbocycles. The lowest BCUT2D eigenvalue weighted by Crippen LogP contribution is -2.29. The Kier molecular flexibility index (Phi) is 4.71. The average Bonchev–Trinajstić information content (AvgIpc) is 2.37. The van der Waals surface area contributed by atoms with Crippen LogP contribution in [0.2, 0.25) is 0 Å². The zero-order valence-corrected chi connectivity index (χ0v) is 10.6. The lowest BCUT2D eigenvalue weighted by Gasteiger charge is -2.20. The SMILES string of the molecule is CCC(C)C(=O)CN(C)c1ccc(C#N)cc1. The van der Waals surface area contributed by atoms with Crippen molar-refractivity contribution in [3.8, 4) is 6.07 Å². The predicted molar refractivity (Wildman–Crippen MR) is 68.9 cm³/mol. The van der Waals surface area contributed by atoms with Gasteiger partial charge in [-0.1, -0.05) is 13.8 Å². The van der Waals surface area contributed by atoms with E-state index in [1.165, 1.54) is 0 Å². The van der Waals surface area contributed by atoms with Crippen LogP contribution >= 0.6 is 0 Å². The number of likely N-dealkylation sites (N-methyl/N-ethyl adjacent to an activating group) is 1. The summed E-state index contributed by atoms with van der Waals surface area (Å²) in [6.07, 6.45) is 0.875. The van der Waals surface area contributed by atoms with Gasteiger partial charge in [-0.3, -0.25) is 4.79 Å². The molecule has 3 heteroatoms. The van der Waals surface area contributed by atoms with E-state index in [0.29, 0.717) is 12.1 Å². The lowest BCUT2D eigenvalue weighted by atomic mass is 10.0. The van der Waals surface area contributed by atoms with Crippen LogP contribution in [0.15, 0.2) is 24.3 Å². The van der Waals surface area contributed by atoms with Crippen LogP contribution in [-0.4, -0.2) is 19.4 Å². The van der Waals surface area contributed by atoms with Crippen molar-refractivity contribution < 1.29 is 4.79 Å². The second kappa shape index (κ2) is 6.05. The molecule has 1 rings (SSSR count). The van der Waals surface area contributed by atoms with Gasteiger partial charge in [-0.25, -0.2) is 0 Å². The molecule has 0 spiro atoms. The number of carbonyl (C=O) groups is 1. The van der Waals surface area contributed by atoms with Crippen molar-refractivity contribution in [1.82, 2.24) is 0 Å². The van der Waals surface area contributed by atoms with E-state index in [0.717, 1.165) is 12.1 Å². The second-order valence-corrected chi connectivity index (χ2v) is 4.29. The van der Waals surface area contributed by atoms with Gasteiger partial charge >= 0.3 is 0 Å². The first-order valence-corrected chi connectivity index (χ1v) is 5.82. The minimum Gasteiger partial charge on any atom is -0.367 e. The van der Waals surface area contributed by atoms with Crippen molar-refractivity contribution in [3.05, 3.63) is 29.8 Å². The standard InChI is InChI=1S/C14H18N2O/c1-4-11(2)14(17)10-16(3)13-7-5-12(9-15)6-8-13/h5-8,11H,4,10H2,1-3H3. The topological polar surface area (TPSA) is 44.1 Å². The van der Waals surface area contributed by atoms with Crippen LogP contribution in [0.3, 0.4) is 0 Å². The Bertz CT molecular complexity index is 417. The Morgan fingerprint density at radius 2 is 2.00 bits per heavy atom. The number of benzene rings is 1. The summed E-state index contributed by atoms with van der Waals surface area (Å²) in [6.45, 7) is 4.39. The van der Waals surface area contributed by atoms with Crippen LogP contribution in [0, 0.1) is 17.2 Å². The third kappa shape index (κ3) is 3.60. The normalized spacial score (nSPS) is 11.6. The maximum atomic E-state index is 11.8. The van der Waals surface area contributed by atoms with Gasteiger partial charge in [0, 0.05) is 18.7 Å². The van der Waals surface area contributed by atoms with E-state index in [1.54, 1.807) is 12.1 Å². The van der Waals surface area contributed by atoms with Crippen LogP contribution in [0.5, 0.6) is 0 Å². The Morgan fingerprint density at radius 3 is 2.47 bits per heavy atom. The molecule has 0 radical (unpaired) electrons. The summed E-state index contributed by atoms with van der Waals surface area (Å²) in [7, 11) is 1.89. The Balaban J connectivity index is 2.67. The van der Waals surface area contributed by atoms with Crippen LogP contribution in [0.25, 0.3) is 0 Å². The highest BCUT2D eigenvalue weighted by Gasteiger charge is 2.13. The molecule has 0 aliphatic rings. The molecule has 0 amide bonds. The number of hydrogen-bond donors (Lipinski definition) is 0. The minimum absolute atomic E-state index is 0.107. The van der Waals surface area contributed by atoms with E-state index in [4.69, 9.17) is 5.26 Å². The molecule has 0 fully saturated rings. The van der Waals surface area contributed by atoms with Gasteiger partial charge in [0.25, 0.3) is 0 Å². The number of nitrogens with zero attached hydrogens (tertiary/aromatic N) is 2. The van der Waals surface area contributed by atoms with Crippen LogP contribution in [0.4, 0.5) is 5.69 Å². The third-order valence-electron chi connectivity index (χ3n) is 2.99. The maximum absolute atomic E-state index is 11.8. The van der Waals surface area contributed by atoms with Crippen molar-refractivity contribution in [2.45, 2.75) is 20.3 Å². The number of hydrogen-bond acceptors (Lipinski definition) is 3. The Hall–Kier alpha value is -1.82. The largest absolute Gasteiger partial charge is 0.367 e. The summed E-state index contributed by atoms with van der Waals surface area (Å²) in [5, 5.41) is 8.70. The van der Waals surface area contributed by atoms with E-state index in [9.17, 15) is 4.79 Å². The van der Waals surface area contributed by atoms with Gasteiger partial charge in [0.2, 0.25) is 0 Å². The fourth-order valence-electron chi connectivity index (χ4n) is 1.50. The van der Waals surface area contributed by atoms with E-state index in [-0.39, 0.29) is 11.7 Å². The molecule has 0 N–H and O–H groups in total. The highest BCUT2D eigenvalue weighted by atomic mass is 16.1. The lowest BCUT2D eigenvalue weighted by molar-refractivity contribution is -0.121. The molecule has 0 aliphatic carbocycles. The Labute approximate surface area is 103 Å². The van der Waals surface area contributed by atoms with Crippen molar-refractivity contribution in [1.29, 1.82) is 5.26 Å². The maximum Gasteiger partial charge on any atom is 0.154 e. The van der Waals surface area contributed by atoms with Crippen LogP contribution in [0.1, 0.15) is 25.8 Å². The van der Waals surface area contributed by atoms with Crippen molar-refractivity contribution in [2.24, 2.45) is 5.92 Å². The monoisotopic (exact) mass is 230 g/mol. The van der Waals surface area contributed by atoms with E-state index in [2.05, 4.69) is 6.07 Å². The quantitative estimate of drug-likeness (QED) is 0.781. The summed E-state index contributed by atoms with van der Waals surface area (Å²) in [6, 6.07) is 9.33. The summed E-state index contributed by atoms with van der Waals surface area (Å²) >= 11 is 0. The molecule has 1 aromatic rings. The molecule has 1 unspecified atom stereocenters. The Morgan fingerprint density at radius 1 is 1.41 bits per heavy atom. The van der Waals surface area contributed by atoms with Gasteiger partial charge in [0.15, 0.2) is 5.78 Å². The molecular formula is C14H18N2O. The van der Waals surface area contributed by atoms with Crippen LogP contribution in [-0.2, 0) is 4.79 Å². The van der Waals surface area contributed by atoms with Crippen molar-refractivity contribution in [3.63, 3.8) is 0 Å². The van der Waals surface area contributed by atoms with Gasteiger partial charge in [0.05, 0.1) is 18.2 Å². The van der Waals surface area contributed by atoms with Gasteiger partial charge in [0.1, 0.15) is 0 Å². The highest BCUT2D eigenvalue weighted by Crippen LogP contribution is 2.14. The molecule has 17 heavy (non-hydrogen) atoms. The number of anilines is 1. The van der Waals surface area contributed by atoms with Crippen molar-refractivity contribution in [2.75, 3.05) is 18.5 Å². The molecule has 0 aliphatic heterocycles. The molecule has 0 saturated heterocycles. The number of Topliss-reactive ketones (excluding diaryl/α,β-unsaturated/α-hetero) is 1. The number of carbonyl (C=O) groups excluding carboxylic acids is 1. The fourth-order valence-corrected chi connectivity index (χ4v) is 1.50. The summed E-state index contributed by atoms with van der Waals surface area (Å²) in [4.78, 5) is 13.7. The fraction of sp³-hybridized carbons (Fsp3) is 0.429. The molecule has 0 bridgehead atoms. The summed E-state index contributed by atoms with van der Waals surface area (Å²) in [5.41, 5.74) is 1.59. The van der Waals surface area contributed by atoms with E-state index in [1.807, 2.05) is 37.9 Å². The first-order valence-electron chi connectivity index (χ1n) is 5.82. The summed E-state index contributed by atoms with van der Waals surface area (Å²) < 4.78 is 0. The first-order chi connectivity index (χ1) is 8.08. The molecule has 0 saturated carbocycles. The van der Waals surface area contributed by atoms with Gasteiger partial charge in [-0.05, 0) is 30.7 Å². The second-order valence-electron chi connectivity index (χ2n) is 4.29. The highest BCUT2D eigenvalue weighted by molar-refractivity contribution is 5.85. The smallest absolute Gasteiger partial charge is 0.154 e. The van der Waals surface area contributed by atoms with Gasteiger partial charge in [-0.15, -0.1) is 0 Å². The van der Waals surface area contributed by atoms with Gasteiger partial charge < -0.3 is 4.90 Å². The summed E-state index contributed by atoms with van der Waals surface area (Å²) in [5.74, 6) is 0.357. The zero-order chi connectivity index (χ0) is 12.8. The minimum atomic E-state index is 0.107. The predicted octanol–water partition coefficient (Wildman–Crippen LogP) is 2.61. The third-order valence-corrected chi connectivity index (χ3v) is 2.99. The van der Waals surface area contributed by atoms with E-state index < -0.39 is 0 Å². The molecule has 1 atom stereocenters. The van der Waals surface area contributed by atoms with E-state index >= 15 is 0 Å². The molecule has 90 valence electrons. The van der Waals surface area contributed by atoms with Crippen molar-refractivity contribution >= 4 is 11.5 Å². The number of ketones is 1. The molecular weight excluding hydrogens is 212 g/mol. The van der Waals surface area contributed by atoms with Crippen LogP contribution < -0.4 is 4.90 Å². The zero-order valence-electron chi connectivity index (χ0n) is 10.6.